The zero-order valence-electron chi connectivity index (χ0n) is 12.2. The molecule has 0 saturated carbocycles. The van der Waals surface area contributed by atoms with Gasteiger partial charge in [0.2, 0.25) is 0 Å². The van der Waals surface area contributed by atoms with E-state index in [1.807, 2.05) is 6.92 Å². The second-order valence-corrected chi connectivity index (χ2v) is 4.98. The second-order valence-electron chi connectivity index (χ2n) is 4.98. The highest BCUT2D eigenvalue weighted by atomic mass is 19.2. The lowest BCUT2D eigenvalue weighted by Crippen LogP contribution is -2.22. The molecule has 6 heteroatoms. The third kappa shape index (κ3) is 4.19. The Morgan fingerprint density at radius 3 is 2.62 bits per heavy atom. The van der Waals surface area contributed by atoms with Gasteiger partial charge in [-0.15, -0.1) is 0 Å². The van der Waals surface area contributed by atoms with Crippen molar-refractivity contribution in [2.45, 2.75) is 33.4 Å². The Balaban J connectivity index is 2.10. The number of aryl methyl sites for hydroxylation is 1. The molecule has 0 saturated heterocycles. The fraction of sp³-hybridized carbons (Fsp3) is 0.333. The third-order valence-corrected chi connectivity index (χ3v) is 2.86. The number of nitrogens with zero attached hydrogens (tertiary/aromatic N) is 2. The minimum atomic E-state index is -0.970. The van der Waals surface area contributed by atoms with E-state index >= 15 is 0 Å². The largest absolute Gasteiger partial charge is 0.424 e. The topological polar surface area (TPSA) is 47.0 Å². The SMILES string of the molecule is Cc1nc(Oc2ccc(F)c(F)c2)ncc1CNC(C)C. The summed E-state index contributed by atoms with van der Waals surface area (Å²) in [6, 6.07) is 3.75. The van der Waals surface area contributed by atoms with E-state index in [1.165, 1.54) is 6.07 Å². The molecule has 21 heavy (non-hydrogen) atoms. The Kier molecular flexibility index (Phi) is 4.80. The molecule has 2 aromatic rings. The van der Waals surface area contributed by atoms with Gasteiger partial charge in [0.1, 0.15) is 5.75 Å². The van der Waals surface area contributed by atoms with Crippen LogP contribution in [0.2, 0.25) is 0 Å². The van der Waals surface area contributed by atoms with E-state index in [0.717, 1.165) is 23.4 Å². The molecule has 4 nitrogen and oxygen atoms in total. The van der Waals surface area contributed by atoms with Crippen molar-refractivity contribution in [1.29, 1.82) is 0 Å². The van der Waals surface area contributed by atoms with E-state index in [1.54, 1.807) is 6.20 Å². The number of benzene rings is 1. The van der Waals surface area contributed by atoms with Crippen LogP contribution in [-0.4, -0.2) is 16.0 Å². The number of aromatic nitrogens is 2. The summed E-state index contributed by atoms with van der Waals surface area (Å²) in [5, 5.41) is 3.27. The lowest BCUT2D eigenvalue weighted by Gasteiger charge is -2.10. The van der Waals surface area contributed by atoms with Crippen molar-refractivity contribution >= 4 is 0 Å². The summed E-state index contributed by atoms with van der Waals surface area (Å²) in [6.07, 6.45) is 1.66. The van der Waals surface area contributed by atoms with E-state index in [-0.39, 0.29) is 11.8 Å². The molecule has 112 valence electrons. The molecule has 0 fully saturated rings. The van der Waals surface area contributed by atoms with Crippen LogP contribution in [0.25, 0.3) is 0 Å². The molecule has 1 aromatic heterocycles. The molecule has 0 atom stereocenters. The first-order valence-electron chi connectivity index (χ1n) is 6.64. The van der Waals surface area contributed by atoms with Gasteiger partial charge in [0.05, 0.1) is 0 Å². The Morgan fingerprint density at radius 2 is 2.00 bits per heavy atom. The van der Waals surface area contributed by atoms with Gasteiger partial charge in [-0.1, -0.05) is 13.8 Å². The van der Waals surface area contributed by atoms with Crippen LogP contribution in [0.3, 0.4) is 0 Å². The Hall–Kier alpha value is -2.08. The number of ether oxygens (including phenoxy) is 1. The number of hydrogen-bond donors (Lipinski definition) is 1. The highest BCUT2D eigenvalue weighted by Gasteiger charge is 2.08. The van der Waals surface area contributed by atoms with Gasteiger partial charge in [-0.2, -0.15) is 4.98 Å². The molecular formula is C15H17F2N3O. The standard InChI is InChI=1S/C15H17F2N3O/c1-9(2)18-7-11-8-19-15(20-10(11)3)21-12-4-5-13(16)14(17)6-12/h4-6,8-9,18H,7H2,1-3H3. The number of nitrogens with one attached hydrogen (secondary N) is 1. The summed E-state index contributed by atoms with van der Waals surface area (Å²) in [5.74, 6) is -1.74. The fourth-order valence-corrected chi connectivity index (χ4v) is 1.65. The van der Waals surface area contributed by atoms with Crippen molar-refractivity contribution < 1.29 is 13.5 Å². The zero-order chi connectivity index (χ0) is 15.4. The smallest absolute Gasteiger partial charge is 0.322 e. The van der Waals surface area contributed by atoms with Gasteiger partial charge in [-0.05, 0) is 19.1 Å². The molecule has 1 heterocycles. The third-order valence-electron chi connectivity index (χ3n) is 2.86. The van der Waals surface area contributed by atoms with Crippen LogP contribution in [0.15, 0.2) is 24.4 Å². The molecule has 1 N–H and O–H groups in total. The zero-order valence-corrected chi connectivity index (χ0v) is 12.2. The average molecular weight is 293 g/mol. The van der Waals surface area contributed by atoms with Crippen molar-refractivity contribution in [3.8, 4) is 11.8 Å². The lowest BCUT2D eigenvalue weighted by molar-refractivity contribution is 0.428. The normalized spacial score (nSPS) is 11.0. The second kappa shape index (κ2) is 6.58. The van der Waals surface area contributed by atoms with E-state index in [2.05, 4.69) is 29.1 Å². The first-order chi connectivity index (χ1) is 9.95. The molecule has 2 rings (SSSR count). The molecule has 0 aliphatic carbocycles. The van der Waals surface area contributed by atoms with Crippen molar-refractivity contribution in [3.63, 3.8) is 0 Å². The van der Waals surface area contributed by atoms with E-state index < -0.39 is 11.6 Å². The minimum absolute atomic E-state index is 0.104. The Labute approximate surface area is 122 Å². The van der Waals surface area contributed by atoms with Crippen LogP contribution < -0.4 is 10.1 Å². The molecule has 1 aromatic carbocycles. The van der Waals surface area contributed by atoms with Gasteiger partial charge < -0.3 is 10.1 Å². The summed E-state index contributed by atoms with van der Waals surface area (Å²) in [5.41, 5.74) is 1.73. The van der Waals surface area contributed by atoms with E-state index in [4.69, 9.17) is 4.74 Å². The van der Waals surface area contributed by atoms with Crippen LogP contribution in [-0.2, 0) is 6.54 Å². The monoisotopic (exact) mass is 293 g/mol. The quantitative estimate of drug-likeness (QED) is 0.918. The average Bonchev–Trinajstić information content (AvgIpc) is 2.42. The Morgan fingerprint density at radius 1 is 1.24 bits per heavy atom. The number of hydrogen-bond acceptors (Lipinski definition) is 4. The predicted octanol–water partition coefficient (Wildman–Crippen LogP) is 3.35. The molecule has 0 aliphatic heterocycles. The summed E-state index contributed by atoms with van der Waals surface area (Å²) >= 11 is 0. The number of halogens is 2. The van der Waals surface area contributed by atoms with Gasteiger partial charge in [-0.3, -0.25) is 0 Å². The fourth-order valence-electron chi connectivity index (χ4n) is 1.65. The van der Waals surface area contributed by atoms with Crippen molar-refractivity contribution in [2.75, 3.05) is 0 Å². The first kappa shape index (κ1) is 15.3. The molecule has 0 amide bonds. The highest BCUT2D eigenvalue weighted by molar-refractivity contribution is 5.27. The van der Waals surface area contributed by atoms with Crippen molar-refractivity contribution in [3.05, 3.63) is 47.3 Å². The molecule has 0 radical (unpaired) electrons. The van der Waals surface area contributed by atoms with Crippen LogP contribution in [0.5, 0.6) is 11.8 Å². The first-order valence-corrected chi connectivity index (χ1v) is 6.64. The van der Waals surface area contributed by atoms with Gasteiger partial charge in [0, 0.05) is 36.1 Å². The van der Waals surface area contributed by atoms with Crippen LogP contribution in [0, 0.1) is 18.6 Å². The maximum absolute atomic E-state index is 13.1. The van der Waals surface area contributed by atoms with Crippen LogP contribution >= 0.6 is 0 Å². The summed E-state index contributed by atoms with van der Waals surface area (Å²) in [4.78, 5) is 8.28. The van der Waals surface area contributed by atoms with Gasteiger partial charge in [-0.25, -0.2) is 13.8 Å². The van der Waals surface area contributed by atoms with Crippen LogP contribution in [0.4, 0.5) is 8.78 Å². The summed E-state index contributed by atoms with van der Waals surface area (Å²) in [6.45, 7) is 6.61. The van der Waals surface area contributed by atoms with E-state index in [9.17, 15) is 8.78 Å². The highest BCUT2D eigenvalue weighted by Crippen LogP contribution is 2.21. The molecule has 0 aliphatic rings. The lowest BCUT2D eigenvalue weighted by atomic mass is 10.2. The molecule has 0 unspecified atom stereocenters. The maximum Gasteiger partial charge on any atom is 0.322 e. The van der Waals surface area contributed by atoms with Gasteiger partial charge >= 0.3 is 6.01 Å². The van der Waals surface area contributed by atoms with Gasteiger partial charge in [0.25, 0.3) is 0 Å². The summed E-state index contributed by atoms with van der Waals surface area (Å²) in [7, 11) is 0. The maximum atomic E-state index is 13.1. The Bertz CT molecular complexity index is 632. The van der Waals surface area contributed by atoms with Crippen LogP contribution in [0.1, 0.15) is 25.1 Å². The summed E-state index contributed by atoms with van der Waals surface area (Å²) < 4.78 is 31.3. The predicted molar refractivity (Wildman–Crippen MR) is 75.2 cm³/mol. The van der Waals surface area contributed by atoms with Gasteiger partial charge in [0.15, 0.2) is 11.6 Å². The van der Waals surface area contributed by atoms with Crippen molar-refractivity contribution in [2.24, 2.45) is 0 Å². The minimum Gasteiger partial charge on any atom is -0.424 e. The van der Waals surface area contributed by atoms with E-state index in [0.29, 0.717) is 12.6 Å². The molecule has 0 spiro atoms. The number of rotatable bonds is 5. The van der Waals surface area contributed by atoms with Crippen molar-refractivity contribution in [1.82, 2.24) is 15.3 Å². The molecular weight excluding hydrogens is 276 g/mol. The molecule has 0 bridgehead atoms.